The predicted octanol–water partition coefficient (Wildman–Crippen LogP) is 17.6. The van der Waals surface area contributed by atoms with Gasteiger partial charge in [0.05, 0.1) is 5.41 Å². The minimum atomic E-state index is -0.382. The largest absolute Gasteiger partial charge is 0.310 e. The van der Waals surface area contributed by atoms with E-state index in [0.29, 0.717) is 11.8 Å². The molecule has 0 amide bonds. The van der Waals surface area contributed by atoms with Crippen molar-refractivity contribution in [2.45, 2.75) is 49.9 Å². The molecule has 2 unspecified atom stereocenters. The molecule has 0 bridgehead atoms. The van der Waals surface area contributed by atoms with Crippen molar-refractivity contribution >= 4 is 17.1 Å². The zero-order chi connectivity index (χ0) is 46.0. The molecule has 0 radical (unpaired) electrons. The van der Waals surface area contributed by atoms with Crippen LogP contribution in [0.1, 0.15) is 82.7 Å². The molecular weight excluding hydrogens is 831 g/mol. The van der Waals surface area contributed by atoms with Gasteiger partial charge in [0, 0.05) is 22.5 Å². The first-order valence-corrected chi connectivity index (χ1v) is 24.8. The molecule has 1 heteroatoms. The number of anilines is 3. The fourth-order valence-electron chi connectivity index (χ4n) is 13.3. The lowest BCUT2D eigenvalue weighted by Gasteiger charge is -2.32. The Morgan fingerprint density at radius 2 is 0.826 bits per heavy atom. The fraction of sp³-hybridized carbons (Fsp3) is 0.118. The van der Waals surface area contributed by atoms with Crippen molar-refractivity contribution in [3.05, 3.63) is 281 Å². The summed E-state index contributed by atoms with van der Waals surface area (Å²) < 4.78 is 0. The first kappa shape index (κ1) is 40.1. The summed E-state index contributed by atoms with van der Waals surface area (Å²) in [6.07, 6.45) is 1.06. The highest BCUT2D eigenvalue weighted by Crippen LogP contribution is 2.63. The standard InChI is InChI=1S/C68H51N/c1-43(59-40-47-16-4-5-17-51(47)52-18-6-7-19-53(52)59)44-28-30-45(31-29-44)46-32-34-48(35-33-46)69(50-36-38-58-54-20-8-12-24-61(54)67(2,3)66(58)42-50)49-37-39-65-60(41-49)57-23-11-15-27-64(57)68(65)62-25-13-9-21-55(62)56-22-10-14-26-63(56)68/h4-39,41-43,59H,40H2,1-3H3. The van der Waals surface area contributed by atoms with Crippen LogP contribution in [0, 0.1) is 0 Å². The predicted molar refractivity (Wildman–Crippen MR) is 287 cm³/mol. The monoisotopic (exact) mass is 881 g/mol. The number of hydrogen-bond donors (Lipinski definition) is 0. The van der Waals surface area contributed by atoms with E-state index in [0.717, 1.165) is 23.5 Å². The minimum absolute atomic E-state index is 0.126. The van der Waals surface area contributed by atoms with Gasteiger partial charge in [0.1, 0.15) is 0 Å². The summed E-state index contributed by atoms with van der Waals surface area (Å²) in [5.41, 5.74) is 28.5. The van der Waals surface area contributed by atoms with Crippen LogP contribution < -0.4 is 4.90 Å². The van der Waals surface area contributed by atoms with Crippen molar-refractivity contribution in [1.82, 2.24) is 0 Å². The van der Waals surface area contributed by atoms with E-state index in [-0.39, 0.29) is 10.8 Å². The van der Waals surface area contributed by atoms with Gasteiger partial charge in [-0.2, -0.15) is 0 Å². The van der Waals surface area contributed by atoms with Crippen LogP contribution in [0.4, 0.5) is 17.1 Å². The quantitative estimate of drug-likeness (QED) is 0.161. The molecule has 1 nitrogen and oxygen atoms in total. The minimum Gasteiger partial charge on any atom is -0.310 e. The summed E-state index contributed by atoms with van der Waals surface area (Å²) in [5.74, 6) is 0.802. The van der Waals surface area contributed by atoms with Crippen molar-refractivity contribution < 1.29 is 0 Å². The zero-order valence-corrected chi connectivity index (χ0v) is 39.2. The second-order valence-electron chi connectivity index (χ2n) is 20.4. The fourth-order valence-corrected chi connectivity index (χ4v) is 13.3. The van der Waals surface area contributed by atoms with Crippen molar-refractivity contribution in [1.29, 1.82) is 0 Å². The lowest BCUT2D eigenvalue weighted by molar-refractivity contribution is 0.568. The third-order valence-electron chi connectivity index (χ3n) is 16.7. The van der Waals surface area contributed by atoms with Crippen LogP contribution in [0.15, 0.2) is 231 Å². The first-order valence-electron chi connectivity index (χ1n) is 24.8. The highest BCUT2D eigenvalue weighted by Gasteiger charge is 2.51. The van der Waals surface area contributed by atoms with E-state index in [9.17, 15) is 0 Å². The Labute approximate surface area is 406 Å². The van der Waals surface area contributed by atoms with Crippen molar-refractivity contribution in [3.8, 4) is 55.6 Å². The smallest absolute Gasteiger partial charge is 0.0725 e. The lowest BCUT2D eigenvalue weighted by Crippen LogP contribution is -2.25. The number of fused-ring (bicyclic) bond motifs is 16. The van der Waals surface area contributed by atoms with E-state index in [1.165, 1.54) is 106 Å². The van der Waals surface area contributed by atoms with Crippen LogP contribution in [0.5, 0.6) is 0 Å². The van der Waals surface area contributed by atoms with Gasteiger partial charge < -0.3 is 4.90 Å². The second kappa shape index (κ2) is 15.0. The maximum Gasteiger partial charge on any atom is 0.0725 e. The van der Waals surface area contributed by atoms with Gasteiger partial charge in [-0.15, -0.1) is 0 Å². The van der Waals surface area contributed by atoms with Crippen LogP contribution in [0.3, 0.4) is 0 Å². The normalized spacial score (nSPS) is 16.0. The molecule has 1 spiro atoms. The SMILES string of the molecule is CC(c1ccc(-c2ccc(N(c3ccc4c(c3)-c3ccccc3C43c4ccccc4-c4ccccc43)c3ccc4c(c3)C(C)(C)c3ccccc3-4)cc2)cc1)C1Cc2ccccc2-c2ccccc21. The number of rotatable bonds is 6. The number of nitrogens with zero attached hydrogens (tertiary/aromatic N) is 1. The van der Waals surface area contributed by atoms with Crippen molar-refractivity contribution in [2.24, 2.45) is 0 Å². The molecular formula is C68H51N. The third kappa shape index (κ3) is 5.71. The molecule has 4 aliphatic rings. The lowest BCUT2D eigenvalue weighted by atomic mass is 9.70. The highest BCUT2D eigenvalue weighted by atomic mass is 15.1. The Bertz CT molecular complexity index is 3660. The first-order chi connectivity index (χ1) is 33.9. The Morgan fingerprint density at radius 3 is 1.48 bits per heavy atom. The molecule has 10 aromatic rings. The summed E-state index contributed by atoms with van der Waals surface area (Å²) in [7, 11) is 0. The average molecular weight is 882 g/mol. The zero-order valence-electron chi connectivity index (χ0n) is 39.2. The van der Waals surface area contributed by atoms with E-state index in [2.05, 4.69) is 256 Å². The highest BCUT2D eigenvalue weighted by molar-refractivity contribution is 5.97. The van der Waals surface area contributed by atoms with Crippen molar-refractivity contribution in [3.63, 3.8) is 0 Å². The van der Waals surface area contributed by atoms with Gasteiger partial charge in [0.25, 0.3) is 0 Å². The molecule has 0 N–H and O–H groups in total. The molecule has 0 saturated carbocycles. The maximum atomic E-state index is 2.48. The van der Waals surface area contributed by atoms with Crippen LogP contribution in [-0.2, 0) is 17.3 Å². The van der Waals surface area contributed by atoms with Crippen LogP contribution in [0.2, 0.25) is 0 Å². The van der Waals surface area contributed by atoms with E-state index >= 15 is 0 Å². The second-order valence-corrected chi connectivity index (χ2v) is 20.4. The molecule has 0 fully saturated rings. The summed E-state index contributed by atoms with van der Waals surface area (Å²) in [6.45, 7) is 7.17. The molecule has 0 saturated heterocycles. The summed E-state index contributed by atoms with van der Waals surface area (Å²) in [5, 5.41) is 0. The molecule has 328 valence electrons. The Kier molecular flexibility index (Phi) is 8.72. The Hall–Kier alpha value is -8.00. The Morgan fingerprint density at radius 1 is 0.377 bits per heavy atom. The van der Waals surface area contributed by atoms with Crippen LogP contribution in [-0.4, -0.2) is 0 Å². The van der Waals surface area contributed by atoms with Gasteiger partial charge in [-0.1, -0.05) is 215 Å². The van der Waals surface area contributed by atoms with Gasteiger partial charge in [0.2, 0.25) is 0 Å². The Balaban J connectivity index is 0.863. The maximum absolute atomic E-state index is 2.48. The van der Waals surface area contributed by atoms with Gasteiger partial charge in [-0.3, -0.25) is 0 Å². The van der Waals surface area contributed by atoms with Gasteiger partial charge in [-0.25, -0.2) is 0 Å². The van der Waals surface area contributed by atoms with E-state index in [1.807, 2.05) is 0 Å². The molecule has 4 aliphatic carbocycles. The van der Waals surface area contributed by atoms with E-state index in [1.54, 1.807) is 0 Å². The third-order valence-corrected chi connectivity index (χ3v) is 16.7. The molecule has 14 rings (SSSR count). The number of benzene rings is 10. The van der Waals surface area contributed by atoms with Gasteiger partial charge in [-0.05, 0) is 160 Å². The van der Waals surface area contributed by atoms with Crippen molar-refractivity contribution in [2.75, 3.05) is 4.90 Å². The molecule has 0 aromatic heterocycles. The van der Waals surface area contributed by atoms with Gasteiger partial charge in [0.15, 0.2) is 0 Å². The summed E-state index contributed by atoms with van der Waals surface area (Å²) in [6, 6.07) is 87.3. The molecule has 0 aliphatic heterocycles. The molecule has 10 aromatic carbocycles. The van der Waals surface area contributed by atoms with E-state index in [4.69, 9.17) is 0 Å². The van der Waals surface area contributed by atoms with E-state index < -0.39 is 0 Å². The average Bonchev–Trinajstić information content (AvgIpc) is 3.96. The van der Waals surface area contributed by atoms with Gasteiger partial charge >= 0.3 is 0 Å². The van der Waals surface area contributed by atoms with Crippen LogP contribution in [0.25, 0.3) is 55.6 Å². The molecule has 69 heavy (non-hydrogen) atoms. The molecule has 2 atom stereocenters. The van der Waals surface area contributed by atoms with Crippen LogP contribution >= 0.6 is 0 Å². The summed E-state index contributed by atoms with van der Waals surface area (Å²) >= 11 is 0. The summed E-state index contributed by atoms with van der Waals surface area (Å²) in [4.78, 5) is 2.48. The topological polar surface area (TPSA) is 3.24 Å². The molecule has 0 heterocycles. The number of hydrogen-bond acceptors (Lipinski definition) is 1.